The minimum atomic E-state index is -0.0344. The lowest BCUT2D eigenvalue weighted by Gasteiger charge is -2.15. The summed E-state index contributed by atoms with van der Waals surface area (Å²) in [5, 5.41) is 1.61. The maximum Gasteiger partial charge on any atom is 0.269 e. The Morgan fingerprint density at radius 3 is 2.63 bits per heavy atom. The van der Waals surface area contributed by atoms with Gasteiger partial charge >= 0.3 is 0 Å². The first-order valence-corrected chi connectivity index (χ1v) is 10.7. The Morgan fingerprint density at radius 1 is 1.15 bits per heavy atom. The SMILES string of the molecule is C=CCN1C(=O)C(=C2Sc3ccccc3N2C)SC1=Nc1ccccc1Br. The van der Waals surface area contributed by atoms with E-state index in [4.69, 9.17) is 4.99 Å². The van der Waals surface area contributed by atoms with Gasteiger partial charge in [-0.05, 0) is 52.0 Å². The van der Waals surface area contributed by atoms with Crippen molar-refractivity contribution in [2.75, 3.05) is 18.5 Å². The van der Waals surface area contributed by atoms with Gasteiger partial charge < -0.3 is 4.90 Å². The van der Waals surface area contributed by atoms with Crippen molar-refractivity contribution in [2.45, 2.75) is 4.90 Å². The second-order valence-corrected chi connectivity index (χ2v) is 8.78. The second kappa shape index (κ2) is 7.58. The van der Waals surface area contributed by atoms with E-state index >= 15 is 0 Å². The number of fused-ring (bicyclic) bond motifs is 1. The lowest BCUT2D eigenvalue weighted by molar-refractivity contribution is -0.121. The number of aliphatic imine (C=N–C) groups is 1. The molecular formula is C20H16BrN3OS2. The number of carbonyl (C=O) groups is 1. The predicted octanol–water partition coefficient (Wildman–Crippen LogP) is 5.61. The van der Waals surface area contributed by atoms with Crippen LogP contribution >= 0.6 is 39.5 Å². The fraction of sp³-hybridized carbons (Fsp3) is 0.100. The first-order chi connectivity index (χ1) is 13.1. The quantitative estimate of drug-likeness (QED) is 0.443. The third-order valence-corrected chi connectivity index (χ3v) is 7.28. The Labute approximate surface area is 175 Å². The van der Waals surface area contributed by atoms with Crippen LogP contribution in [0.1, 0.15) is 0 Å². The summed E-state index contributed by atoms with van der Waals surface area (Å²) in [6, 6.07) is 15.9. The molecule has 2 aromatic rings. The van der Waals surface area contributed by atoms with Crippen molar-refractivity contribution in [1.82, 2.24) is 4.90 Å². The summed E-state index contributed by atoms with van der Waals surface area (Å²) in [5.41, 5.74) is 1.91. The number of para-hydroxylation sites is 2. The summed E-state index contributed by atoms with van der Waals surface area (Å²) in [4.78, 5) is 23.5. The Kier molecular flexibility index (Phi) is 5.16. The van der Waals surface area contributed by atoms with E-state index in [2.05, 4.69) is 39.5 Å². The highest BCUT2D eigenvalue weighted by Gasteiger charge is 2.38. The molecule has 0 saturated carbocycles. The van der Waals surface area contributed by atoms with E-state index in [0.29, 0.717) is 16.6 Å². The van der Waals surface area contributed by atoms with Crippen molar-refractivity contribution in [1.29, 1.82) is 0 Å². The smallest absolute Gasteiger partial charge is 0.269 e. The molecule has 1 fully saturated rings. The number of benzene rings is 2. The van der Waals surface area contributed by atoms with Crippen LogP contribution in [0, 0.1) is 0 Å². The molecule has 0 atom stereocenters. The maximum atomic E-state index is 13.1. The summed E-state index contributed by atoms with van der Waals surface area (Å²) < 4.78 is 0.893. The van der Waals surface area contributed by atoms with Crippen LogP contribution in [0.15, 0.2) is 85.5 Å². The molecule has 2 heterocycles. The van der Waals surface area contributed by atoms with Crippen molar-refractivity contribution in [3.8, 4) is 0 Å². The molecule has 0 N–H and O–H groups in total. The Bertz CT molecular complexity index is 1000. The van der Waals surface area contributed by atoms with E-state index in [1.54, 1.807) is 22.7 Å². The minimum Gasteiger partial charge on any atom is -0.337 e. The molecule has 1 saturated heterocycles. The summed E-state index contributed by atoms with van der Waals surface area (Å²) in [5.74, 6) is -0.0344. The zero-order valence-electron chi connectivity index (χ0n) is 14.6. The standard InChI is InChI=1S/C20H16BrN3OS2/c1-3-12-24-18(25)17(19-23(2)15-10-6-7-11-16(15)26-19)27-20(24)22-14-9-5-4-8-13(14)21/h3-11H,1,12H2,2H3. The first kappa shape index (κ1) is 18.4. The summed E-state index contributed by atoms with van der Waals surface area (Å²) in [6.07, 6.45) is 1.72. The highest BCUT2D eigenvalue weighted by Crippen LogP contribution is 2.50. The van der Waals surface area contributed by atoms with Gasteiger partial charge in [0.25, 0.3) is 5.91 Å². The second-order valence-electron chi connectivity index (χ2n) is 5.92. The van der Waals surface area contributed by atoms with Gasteiger partial charge in [0.05, 0.1) is 16.4 Å². The summed E-state index contributed by atoms with van der Waals surface area (Å²) in [6.45, 7) is 4.21. The average molecular weight is 458 g/mol. The molecule has 4 rings (SSSR count). The van der Waals surface area contributed by atoms with E-state index in [1.165, 1.54) is 11.8 Å². The number of halogens is 1. The van der Waals surface area contributed by atoms with Gasteiger partial charge in [0, 0.05) is 23.0 Å². The zero-order valence-corrected chi connectivity index (χ0v) is 17.8. The largest absolute Gasteiger partial charge is 0.337 e. The normalized spacial score (nSPS) is 20.5. The number of rotatable bonds is 3. The topological polar surface area (TPSA) is 35.9 Å². The number of nitrogens with zero attached hydrogens (tertiary/aromatic N) is 3. The van der Waals surface area contributed by atoms with E-state index in [0.717, 1.165) is 25.8 Å². The molecule has 2 aliphatic heterocycles. The third-order valence-electron chi connectivity index (χ3n) is 4.18. The molecule has 0 radical (unpaired) electrons. The molecule has 7 heteroatoms. The average Bonchev–Trinajstić information content (AvgIpc) is 3.16. The van der Waals surface area contributed by atoms with E-state index in [1.807, 2.05) is 43.4 Å². The van der Waals surface area contributed by atoms with Gasteiger partial charge in [0.2, 0.25) is 0 Å². The number of amidine groups is 1. The van der Waals surface area contributed by atoms with Gasteiger partial charge in [0.1, 0.15) is 4.91 Å². The fourth-order valence-corrected chi connectivity index (χ4v) is 5.57. The molecule has 0 bridgehead atoms. The zero-order chi connectivity index (χ0) is 19.0. The summed E-state index contributed by atoms with van der Waals surface area (Å²) >= 11 is 6.56. The molecule has 2 aromatic carbocycles. The van der Waals surface area contributed by atoms with Crippen LogP contribution in [0.5, 0.6) is 0 Å². The maximum absolute atomic E-state index is 13.1. The van der Waals surface area contributed by atoms with Crippen molar-refractivity contribution < 1.29 is 4.79 Å². The summed E-state index contributed by atoms with van der Waals surface area (Å²) in [7, 11) is 2.00. The number of hydrogen-bond donors (Lipinski definition) is 0. The van der Waals surface area contributed by atoms with Gasteiger partial charge in [0.15, 0.2) is 5.17 Å². The van der Waals surface area contributed by atoms with Crippen molar-refractivity contribution in [3.05, 3.63) is 75.6 Å². The monoisotopic (exact) mass is 457 g/mol. The highest BCUT2D eigenvalue weighted by molar-refractivity contribution is 9.10. The third kappa shape index (κ3) is 3.35. The van der Waals surface area contributed by atoms with Gasteiger partial charge in [-0.3, -0.25) is 9.69 Å². The molecule has 0 aromatic heterocycles. The molecule has 1 amide bonds. The van der Waals surface area contributed by atoms with Gasteiger partial charge in [-0.2, -0.15) is 0 Å². The molecule has 27 heavy (non-hydrogen) atoms. The number of carbonyl (C=O) groups excluding carboxylic acids is 1. The Hall–Kier alpha value is -1.96. The van der Waals surface area contributed by atoms with Gasteiger partial charge in [-0.1, -0.05) is 42.1 Å². The molecule has 2 aliphatic rings. The highest BCUT2D eigenvalue weighted by atomic mass is 79.9. The van der Waals surface area contributed by atoms with E-state index in [9.17, 15) is 4.79 Å². The molecule has 4 nitrogen and oxygen atoms in total. The van der Waals surface area contributed by atoms with Crippen molar-refractivity contribution in [2.24, 2.45) is 4.99 Å². The molecule has 0 spiro atoms. The number of hydrogen-bond acceptors (Lipinski definition) is 5. The lowest BCUT2D eigenvalue weighted by atomic mass is 10.3. The van der Waals surface area contributed by atoms with Crippen LogP contribution in [-0.2, 0) is 4.79 Å². The Morgan fingerprint density at radius 2 is 1.89 bits per heavy atom. The van der Waals surface area contributed by atoms with Crippen LogP contribution in [0.3, 0.4) is 0 Å². The van der Waals surface area contributed by atoms with Crippen molar-refractivity contribution >= 4 is 61.9 Å². The number of amides is 1. The molecule has 0 aliphatic carbocycles. The van der Waals surface area contributed by atoms with E-state index < -0.39 is 0 Å². The van der Waals surface area contributed by atoms with Gasteiger partial charge in [-0.15, -0.1) is 6.58 Å². The van der Waals surface area contributed by atoms with Gasteiger partial charge in [-0.25, -0.2) is 4.99 Å². The fourth-order valence-electron chi connectivity index (χ4n) is 2.85. The Balaban J connectivity index is 1.76. The first-order valence-electron chi connectivity index (χ1n) is 8.29. The van der Waals surface area contributed by atoms with Crippen LogP contribution in [0.25, 0.3) is 0 Å². The van der Waals surface area contributed by atoms with Crippen molar-refractivity contribution in [3.63, 3.8) is 0 Å². The van der Waals surface area contributed by atoms with Crippen LogP contribution in [0.4, 0.5) is 11.4 Å². The van der Waals surface area contributed by atoms with E-state index in [-0.39, 0.29) is 5.91 Å². The van der Waals surface area contributed by atoms with Crippen LogP contribution < -0.4 is 4.90 Å². The number of anilines is 1. The number of thioether (sulfide) groups is 2. The predicted molar refractivity (Wildman–Crippen MR) is 118 cm³/mol. The van der Waals surface area contributed by atoms with Crippen LogP contribution in [-0.4, -0.2) is 29.6 Å². The molecular weight excluding hydrogens is 442 g/mol. The molecule has 0 unspecified atom stereocenters. The van der Waals surface area contributed by atoms with Crippen LogP contribution in [0.2, 0.25) is 0 Å². The molecule has 136 valence electrons. The minimum absolute atomic E-state index is 0.0344. The lowest BCUT2D eigenvalue weighted by Crippen LogP contribution is -2.29.